The van der Waals surface area contributed by atoms with Crippen molar-refractivity contribution in [3.63, 3.8) is 0 Å². The number of hydrogen-bond acceptors (Lipinski definition) is 5. The molecule has 4 rings (SSSR count). The molecule has 0 spiro atoms. The van der Waals surface area contributed by atoms with Gasteiger partial charge < -0.3 is 0 Å². The second kappa shape index (κ2) is 4.84. The summed E-state index contributed by atoms with van der Waals surface area (Å²) in [5.41, 5.74) is 2.45. The van der Waals surface area contributed by atoms with Gasteiger partial charge in [-0.15, -0.1) is 11.3 Å². The van der Waals surface area contributed by atoms with Gasteiger partial charge in [0.1, 0.15) is 16.9 Å². The Morgan fingerprint density at radius 1 is 1.35 bits per heavy atom. The topological polar surface area (TPSA) is 60.1 Å². The minimum atomic E-state index is -0.249. The van der Waals surface area contributed by atoms with E-state index in [9.17, 15) is 4.79 Å². The molecule has 0 aliphatic heterocycles. The van der Waals surface area contributed by atoms with Gasteiger partial charge in [0.15, 0.2) is 5.65 Å². The van der Waals surface area contributed by atoms with E-state index in [2.05, 4.69) is 35.8 Å². The fraction of sp³-hybridized carbons (Fsp3) is 0.529. The largest absolute Gasteiger partial charge is 0.294 e. The van der Waals surface area contributed by atoms with Gasteiger partial charge in [-0.2, -0.15) is 10.1 Å². The summed E-state index contributed by atoms with van der Waals surface area (Å²) in [5.74, 6) is 0.686. The molecule has 3 aromatic rings. The number of hydrogen-bond donors (Lipinski definition) is 0. The fourth-order valence-corrected chi connectivity index (χ4v) is 4.73. The van der Waals surface area contributed by atoms with Crippen molar-refractivity contribution in [3.8, 4) is 0 Å². The molecule has 0 amide bonds. The van der Waals surface area contributed by atoms with E-state index < -0.39 is 0 Å². The van der Waals surface area contributed by atoms with Gasteiger partial charge in [0.25, 0.3) is 5.56 Å². The van der Waals surface area contributed by atoms with Crippen LogP contribution in [0, 0.1) is 18.3 Å². The Labute approximate surface area is 138 Å². The first-order valence-electron chi connectivity index (χ1n) is 8.01. The van der Waals surface area contributed by atoms with Gasteiger partial charge in [0.05, 0.1) is 5.39 Å². The third-order valence-electron chi connectivity index (χ3n) is 4.97. The van der Waals surface area contributed by atoms with Crippen LogP contribution in [0.4, 0.5) is 0 Å². The summed E-state index contributed by atoms with van der Waals surface area (Å²) < 4.78 is 1.64. The van der Waals surface area contributed by atoms with E-state index in [4.69, 9.17) is 0 Å². The molecule has 0 aromatic carbocycles. The third kappa shape index (κ3) is 2.27. The Morgan fingerprint density at radius 2 is 2.13 bits per heavy atom. The standard InChI is InChI=1S/C17H20N4OS/c1-9-15(22)19-14-13-11-6-5-10(17(2,3)4)7-12(11)23-16(13)18-8-21(14)20-9/h8,10H,5-7H2,1-4H3/t10-/m1/s1. The Hall–Kier alpha value is -1.82. The number of aryl methyl sites for hydroxylation is 2. The van der Waals surface area contributed by atoms with E-state index in [1.54, 1.807) is 29.1 Å². The number of thiophene rings is 1. The molecule has 0 N–H and O–H groups in total. The SMILES string of the molecule is Cc1nn2cnc3sc4c(c3c2nc1=O)CC[C@@H](C(C)(C)C)C4. The molecule has 5 nitrogen and oxygen atoms in total. The van der Waals surface area contributed by atoms with Gasteiger partial charge in [-0.1, -0.05) is 20.8 Å². The molecule has 1 aliphatic carbocycles. The monoisotopic (exact) mass is 328 g/mol. The van der Waals surface area contributed by atoms with Crippen LogP contribution in [0.5, 0.6) is 0 Å². The fourth-order valence-electron chi connectivity index (χ4n) is 3.47. The Bertz CT molecular complexity index is 980. The maximum Gasteiger partial charge on any atom is 0.294 e. The van der Waals surface area contributed by atoms with Crippen LogP contribution in [0.1, 0.15) is 43.3 Å². The highest BCUT2D eigenvalue weighted by Gasteiger charge is 2.31. The molecule has 3 heterocycles. The Morgan fingerprint density at radius 3 is 2.87 bits per heavy atom. The van der Waals surface area contributed by atoms with Crippen molar-refractivity contribution in [2.24, 2.45) is 11.3 Å². The van der Waals surface area contributed by atoms with Crippen molar-refractivity contribution in [3.05, 3.63) is 32.8 Å². The highest BCUT2D eigenvalue weighted by atomic mass is 32.1. The van der Waals surface area contributed by atoms with Gasteiger partial charge in [0.2, 0.25) is 0 Å². The summed E-state index contributed by atoms with van der Waals surface area (Å²) in [6.45, 7) is 8.63. The predicted octanol–water partition coefficient (Wildman–Crippen LogP) is 3.16. The van der Waals surface area contributed by atoms with Crippen LogP contribution < -0.4 is 5.56 Å². The zero-order valence-corrected chi connectivity index (χ0v) is 14.7. The summed E-state index contributed by atoms with van der Waals surface area (Å²) >= 11 is 1.75. The van der Waals surface area contributed by atoms with E-state index >= 15 is 0 Å². The molecule has 0 radical (unpaired) electrons. The average Bonchev–Trinajstić information content (AvgIpc) is 2.85. The first-order chi connectivity index (χ1) is 10.8. The maximum atomic E-state index is 11.9. The molecule has 1 aliphatic rings. The molecule has 0 unspecified atom stereocenters. The maximum absolute atomic E-state index is 11.9. The molecular formula is C17H20N4OS. The normalized spacial score (nSPS) is 18.5. The van der Waals surface area contributed by atoms with Crippen molar-refractivity contribution in [2.45, 2.75) is 47.0 Å². The highest BCUT2D eigenvalue weighted by Crippen LogP contribution is 2.43. The summed E-state index contributed by atoms with van der Waals surface area (Å²) in [6, 6.07) is 0. The minimum Gasteiger partial charge on any atom is -0.265 e. The smallest absolute Gasteiger partial charge is 0.265 e. The van der Waals surface area contributed by atoms with Crippen LogP contribution >= 0.6 is 11.3 Å². The predicted molar refractivity (Wildman–Crippen MR) is 92.1 cm³/mol. The summed E-state index contributed by atoms with van der Waals surface area (Å²) in [5, 5.41) is 5.32. The van der Waals surface area contributed by atoms with Crippen molar-refractivity contribution in [1.82, 2.24) is 19.6 Å². The van der Waals surface area contributed by atoms with Crippen molar-refractivity contribution < 1.29 is 0 Å². The van der Waals surface area contributed by atoms with Crippen molar-refractivity contribution in [2.75, 3.05) is 0 Å². The number of aromatic nitrogens is 4. The Kier molecular flexibility index (Phi) is 3.10. The first kappa shape index (κ1) is 14.8. The number of fused-ring (bicyclic) bond motifs is 5. The second-order valence-electron chi connectivity index (χ2n) is 7.50. The van der Waals surface area contributed by atoms with E-state index in [1.807, 2.05) is 0 Å². The van der Waals surface area contributed by atoms with Crippen LogP contribution in [0.15, 0.2) is 11.1 Å². The van der Waals surface area contributed by atoms with Gasteiger partial charge in [-0.25, -0.2) is 9.50 Å². The molecule has 23 heavy (non-hydrogen) atoms. The molecule has 1 atom stereocenters. The molecule has 6 heteroatoms. The molecule has 120 valence electrons. The number of nitrogens with zero attached hydrogens (tertiary/aromatic N) is 4. The first-order valence-corrected chi connectivity index (χ1v) is 8.83. The lowest BCUT2D eigenvalue weighted by atomic mass is 9.72. The zero-order chi connectivity index (χ0) is 16.4. The van der Waals surface area contributed by atoms with Gasteiger partial charge in [-0.05, 0) is 43.1 Å². The van der Waals surface area contributed by atoms with Crippen molar-refractivity contribution >= 4 is 27.2 Å². The van der Waals surface area contributed by atoms with E-state index in [0.717, 1.165) is 23.1 Å². The lowest BCUT2D eigenvalue weighted by Crippen LogP contribution is -2.26. The minimum absolute atomic E-state index is 0.249. The van der Waals surface area contributed by atoms with Crippen LogP contribution in [0.25, 0.3) is 15.9 Å². The van der Waals surface area contributed by atoms with E-state index in [1.165, 1.54) is 16.9 Å². The van der Waals surface area contributed by atoms with Crippen LogP contribution in [-0.4, -0.2) is 19.6 Å². The molecule has 0 bridgehead atoms. The van der Waals surface area contributed by atoms with Gasteiger partial charge in [-0.3, -0.25) is 4.79 Å². The molecule has 3 aromatic heterocycles. The van der Waals surface area contributed by atoms with E-state index in [0.29, 0.717) is 22.7 Å². The van der Waals surface area contributed by atoms with Gasteiger partial charge >= 0.3 is 0 Å². The summed E-state index contributed by atoms with van der Waals surface area (Å²) in [6.07, 6.45) is 4.96. The van der Waals surface area contributed by atoms with Crippen LogP contribution in [-0.2, 0) is 12.8 Å². The van der Waals surface area contributed by atoms with Gasteiger partial charge in [0, 0.05) is 4.88 Å². The molecule has 0 saturated heterocycles. The average molecular weight is 328 g/mol. The van der Waals surface area contributed by atoms with Crippen LogP contribution in [0.2, 0.25) is 0 Å². The highest BCUT2D eigenvalue weighted by molar-refractivity contribution is 7.19. The number of rotatable bonds is 0. The van der Waals surface area contributed by atoms with Crippen LogP contribution in [0.3, 0.4) is 0 Å². The van der Waals surface area contributed by atoms with Crippen molar-refractivity contribution in [1.29, 1.82) is 0 Å². The zero-order valence-electron chi connectivity index (χ0n) is 13.9. The van der Waals surface area contributed by atoms with E-state index in [-0.39, 0.29) is 5.56 Å². The summed E-state index contributed by atoms with van der Waals surface area (Å²) in [7, 11) is 0. The molecule has 0 saturated carbocycles. The molecular weight excluding hydrogens is 308 g/mol. The lowest BCUT2D eigenvalue weighted by molar-refractivity contribution is 0.218. The Balaban J connectivity index is 1.96. The second-order valence-corrected chi connectivity index (χ2v) is 8.59. The quantitative estimate of drug-likeness (QED) is 0.636. The molecule has 0 fully saturated rings. The summed E-state index contributed by atoms with van der Waals surface area (Å²) in [4.78, 5) is 23.1. The third-order valence-corrected chi connectivity index (χ3v) is 6.13. The lowest BCUT2D eigenvalue weighted by Gasteiger charge is -2.33.